The normalized spacial score (nSPS) is 24.5. The van der Waals surface area contributed by atoms with Crippen molar-refractivity contribution in [3.63, 3.8) is 0 Å². The van der Waals surface area contributed by atoms with E-state index in [0.29, 0.717) is 49.5 Å². The minimum absolute atomic E-state index is 0.0138. The predicted molar refractivity (Wildman–Crippen MR) is 169 cm³/mol. The van der Waals surface area contributed by atoms with Crippen LogP contribution >= 0.6 is 15.9 Å². The molecule has 2 aliphatic heterocycles. The zero-order valence-corrected chi connectivity index (χ0v) is 26.0. The number of hydrazone groups is 1. The van der Waals surface area contributed by atoms with Crippen molar-refractivity contribution in [2.24, 2.45) is 11.0 Å². The number of ether oxygens (including phenoxy) is 2. The number of hydrogen-bond donors (Lipinski definition) is 3. The molecule has 0 bridgehead atoms. The molecule has 4 atom stereocenters. The van der Waals surface area contributed by atoms with Gasteiger partial charge in [0.25, 0.3) is 5.69 Å². The SMILES string of the molecule is COc1cc2c3c(c1Br)O[C@@H]1C/C(=N/Nc4ccc([N+](=O)[O-])cc4)C[C@@H](C)[C@]31C[C@@H](CO)N(C(=O)NCc1ccccc1)C2. The topological polar surface area (TPSA) is 139 Å². The Morgan fingerprint density at radius 2 is 1.98 bits per heavy atom. The zero-order valence-electron chi connectivity index (χ0n) is 24.5. The van der Waals surface area contributed by atoms with E-state index in [-0.39, 0.29) is 30.3 Å². The third kappa shape index (κ3) is 5.26. The highest BCUT2D eigenvalue weighted by molar-refractivity contribution is 9.10. The molecule has 1 saturated carbocycles. The van der Waals surface area contributed by atoms with E-state index in [4.69, 9.17) is 9.47 Å². The summed E-state index contributed by atoms with van der Waals surface area (Å²) in [5.41, 5.74) is 7.12. The Bertz CT molecular complexity index is 1600. The minimum Gasteiger partial charge on any atom is -0.495 e. The Hall–Kier alpha value is -4.16. The molecule has 0 radical (unpaired) electrons. The Morgan fingerprint density at radius 3 is 2.66 bits per heavy atom. The third-order valence-corrected chi connectivity index (χ3v) is 9.92. The van der Waals surface area contributed by atoms with Gasteiger partial charge in [-0.25, -0.2) is 4.79 Å². The second kappa shape index (κ2) is 12.1. The molecule has 12 heteroatoms. The van der Waals surface area contributed by atoms with Gasteiger partial charge in [0.15, 0.2) is 0 Å². The molecule has 11 nitrogen and oxygen atoms in total. The van der Waals surface area contributed by atoms with E-state index < -0.39 is 16.4 Å². The summed E-state index contributed by atoms with van der Waals surface area (Å²) < 4.78 is 13.2. The van der Waals surface area contributed by atoms with Crippen LogP contribution in [0.15, 0.2) is 70.2 Å². The number of benzene rings is 3. The largest absolute Gasteiger partial charge is 0.495 e. The Labute approximate surface area is 263 Å². The summed E-state index contributed by atoms with van der Waals surface area (Å²) in [6, 6.07) is 17.1. The summed E-state index contributed by atoms with van der Waals surface area (Å²) in [4.78, 5) is 26.0. The number of methoxy groups -OCH3 is 1. The van der Waals surface area contributed by atoms with E-state index in [9.17, 15) is 20.0 Å². The van der Waals surface area contributed by atoms with E-state index in [1.165, 1.54) is 12.1 Å². The predicted octanol–water partition coefficient (Wildman–Crippen LogP) is 5.74. The minimum atomic E-state index is -0.478. The number of carbonyl (C=O) groups excluding carboxylic acids is 1. The van der Waals surface area contributed by atoms with Crippen LogP contribution in [-0.2, 0) is 18.5 Å². The fraction of sp³-hybridized carbons (Fsp3) is 0.375. The van der Waals surface area contributed by atoms with Gasteiger partial charge in [0.2, 0.25) is 0 Å². The average Bonchev–Trinajstić information content (AvgIpc) is 3.29. The molecule has 2 heterocycles. The third-order valence-electron chi connectivity index (χ3n) is 9.17. The van der Waals surface area contributed by atoms with Crippen LogP contribution in [0.4, 0.5) is 16.2 Å². The number of urea groups is 1. The maximum Gasteiger partial charge on any atom is 0.318 e. The second-order valence-corrected chi connectivity index (χ2v) is 12.4. The molecule has 3 aromatic rings. The van der Waals surface area contributed by atoms with Gasteiger partial charge in [0.1, 0.15) is 22.1 Å². The first-order valence-corrected chi connectivity index (χ1v) is 15.4. The van der Waals surface area contributed by atoms with Crippen LogP contribution in [-0.4, -0.2) is 52.5 Å². The van der Waals surface area contributed by atoms with Gasteiger partial charge in [-0.1, -0.05) is 37.3 Å². The summed E-state index contributed by atoms with van der Waals surface area (Å²) in [6.07, 6.45) is 1.43. The molecule has 6 rings (SSSR count). The second-order valence-electron chi connectivity index (χ2n) is 11.6. The first-order chi connectivity index (χ1) is 21.2. The van der Waals surface area contributed by atoms with E-state index in [1.54, 1.807) is 24.1 Å². The van der Waals surface area contributed by atoms with Crippen molar-refractivity contribution in [3.05, 3.63) is 91.9 Å². The summed E-state index contributed by atoms with van der Waals surface area (Å²) >= 11 is 3.72. The highest BCUT2D eigenvalue weighted by Gasteiger charge is 2.59. The van der Waals surface area contributed by atoms with Gasteiger partial charge in [-0.05, 0) is 64.0 Å². The molecule has 1 fully saturated rings. The lowest BCUT2D eigenvalue weighted by atomic mass is 9.59. The Balaban J connectivity index is 1.32. The molecule has 0 saturated heterocycles. The summed E-state index contributed by atoms with van der Waals surface area (Å²) in [6.45, 7) is 2.66. The van der Waals surface area contributed by atoms with Crippen molar-refractivity contribution in [1.29, 1.82) is 0 Å². The van der Waals surface area contributed by atoms with Crippen molar-refractivity contribution in [1.82, 2.24) is 10.2 Å². The lowest BCUT2D eigenvalue weighted by Crippen LogP contribution is -2.54. The fourth-order valence-electron chi connectivity index (χ4n) is 7.00. The van der Waals surface area contributed by atoms with Crippen LogP contribution < -0.4 is 20.2 Å². The molecule has 3 aromatic carbocycles. The van der Waals surface area contributed by atoms with E-state index in [0.717, 1.165) is 26.9 Å². The molecule has 1 aliphatic carbocycles. The number of rotatable bonds is 7. The summed E-state index contributed by atoms with van der Waals surface area (Å²) in [7, 11) is 1.60. The van der Waals surface area contributed by atoms with Crippen LogP contribution in [0.5, 0.6) is 11.5 Å². The molecule has 1 spiro atoms. The number of amides is 2. The molecular formula is C32H34BrN5O6. The number of nitro benzene ring substituents is 1. The zero-order chi connectivity index (χ0) is 31.0. The van der Waals surface area contributed by atoms with Crippen LogP contribution in [0.25, 0.3) is 0 Å². The lowest BCUT2D eigenvalue weighted by Gasteiger charge is -2.45. The van der Waals surface area contributed by atoms with Crippen molar-refractivity contribution < 1.29 is 24.3 Å². The average molecular weight is 665 g/mol. The van der Waals surface area contributed by atoms with Gasteiger partial charge in [0.05, 0.1) is 30.4 Å². The maximum absolute atomic E-state index is 13.7. The summed E-state index contributed by atoms with van der Waals surface area (Å²) in [5, 5.41) is 29.4. The number of hydrogen-bond acceptors (Lipinski definition) is 8. The molecule has 3 aliphatic rings. The fourth-order valence-corrected chi connectivity index (χ4v) is 7.57. The van der Waals surface area contributed by atoms with Crippen LogP contribution in [0, 0.1) is 16.0 Å². The van der Waals surface area contributed by atoms with Crippen molar-refractivity contribution >= 4 is 39.0 Å². The monoisotopic (exact) mass is 663 g/mol. The summed E-state index contributed by atoms with van der Waals surface area (Å²) in [5.74, 6) is 1.38. The number of nitrogens with zero attached hydrogens (tertiary/aromatic N) is 3. The maximum atomic E-state index is 13.7. The van der Waals surface area contributed by atoms with Gasteiger partial charge < -0.3 is 24.8 Å². The van der Waals surface area contributed by atoms with E-state index in [2.05, 4.69) is 38.7 Å². The number of nitrogens with one attached hydrogen (secondary N) is 2. The van der Waals surface area contributed by atoms with Gasteiger partial charge in [0, 0.05) is 48.3 Å². The molecule has 3 N–H and O–H groups in total. The molecule has 230 valence electrons. The van der Waals surface area contributed by atoms with E-state index >= 15 is 0 Å². The van der Waals surface area contributed by atoms with Gasteiger partial charge in [-0.3, -0.25) is 15.5 Å². The molecule has 44 heavy (non-hydrogen) atoms. The first-order valence-electron chi connectivity index (χ1n) is 14.6. The van der Waals surface area contributed by atoms with Crippen molar-refractivity contribution in [2.45, 2.75) is 56.8 Å². The highest BCUT2D eigenvalue weighted by Crippen LogP contribution is 2.60. The van der Waals surface area contributed by atoms with Crippen LogP contribution in [0.1, 0.15) is 42.9 Å². The van der Waals surface area contributed by atoms with Gasteiger partial charge in [-0.15, -0.1) is 0 Å². The Kier molecular flexibility index (Phi) is 8.21. The number of nitro groups is 1. The van der Waals surface area contributed by atoms with Crippen molar-refractivity contribution in [2.75, 3.05) is 19.1 Å². The number of anilines is 1. The molecular weight excluding hydrogens is 630 g/mol. The number of halogens is 1. The number of non-ortho nitro benzene ring substituents is 1. The standard InChI is InChI=1S/C32H34BrN5O6/c1-19-12-23(36-35-22-8-10-24(11-9-22)38(41)42)14-27-32(19)15-25(18-39)37(31(40)34-16-20-6-4-3-5-7-20)17-21-13-26(43-2)29(33)30(44-27)28(21)32/h3-11,13,19,25,27,35,39H,12,14-18H2,1-2H3,(H,34,40)/b36-23+/t19-,25+,27-,32+/m1/s1. The lowest BCUT2D eigenvalue weighted by molar-refractivity contribution is -0.384. The molecule has 0 aromatic heterocycles. The van der Waals surface area contributed by atoms with Crippen LogP contribution in [0.3, 0.4) is 0 Å². The van der Waals surface area contributed by atoms with Crippen LogP contribution in [0.2, 0.25) is 0 Å². The molecule has 0 unspecified atom stereocenters. The molecule has 2 amide bonds. The van der Waals surface area contributed by atoms with E-state index in [1.807, 2.05) is 36.4 Å². The number of carbonyl (C=O) groups is 1. The first kappa shape index (κ1) is 29.9. The highest BCUT2D eigenvalue weighted by atomic mass is 79.9. The quantitative estimate of drug-likeness (QED) is 0.216. The van der Waals surface area contributed by atoms with Gasteiger partial charge >= 0.3 is 6.03 Å². The van der Waals surface area contributed by atoms with Gasteiger partial charge in [-0.2, -0.15) is 5.10 Å². The Morgan fingerprint density at radius 1 is 1.23 bits per heavy atom. The van der Waals surface area contributed by atoms with Crippen molar-refractivity contribution in [3.8, 4) is 11.5 Å². The smallest absolute Gasteiger partial charge is 0.318 e. The number of aliphatic hydroxyl groups excluding tert-OH is 1. The number of aliphatic hydroxyl groups is 1.